The van der Waals surface area contributed by atoms with Gasteiger partial charge in [0.15, 0.2) is 0 Å². The van der Waals surface area contributed by atoms with Crippen molar-refractivity contribution in [2.45, 2.75) is 17.8 Å². The fourth-order valence-electron chi connectivity index (χ4n) is 11.4. The molecule has 0 bridgehead atoms. The minimum absolute atomic E-state index is 0.260. The highest BCUT2D eigenvalue weighted by Crippen LogP contribution is 2.59. The molecule has 2 aliphatic carbocycles. The van der Waals surface area contributed by atoms with Crippen molar-refractivity contribution >= 4 is 38.8 Å². The summed E-state index contributed by atoms with van der Waals surface area (Å²) >= 11 is 0. The molecule has 296 valence electrons. The molecule has 0 spiro atoms. The second-order valence-corrected chi connectivity index (χ2v) is 17.2. The van der Waals surface area contributed by atoms with Gasteiger partial charge in [0, 0.05) is 39.4 Å². The van der Waals surface area contributed by atoms with E-state index in [1.54, 1.807) is 0 Å². The molecule has 3 aliphatic rings. The highest BCUT2D eigenvalue weighted by Gasteiger charge is 2.47. The molecule has 2 nitrogen and oxygen atoms in total. The molecule has 0 N–H and O–H groups in total. The van der Waals surface area contributed by atoms with E-state index in [9.17, 15) is 0 Å². The first-order valence-corrected chi connectivity index (χ1v) is 22.1. The van der Waals surface area contributed by atoms with Crippen LogP contribution >= 0.6 is 0 Å². The smallest absolute Gasteiger partial charge is 0.0719 e. The van der Waals surface area contributed by atoms with Gasteiger partial charge in [0.25, 0.3) is 0 Å². The van der Waals surface area contributed by atoms with Gasteiger partial charge < -0.3 is 9.47 Å². The Morgan fingerprint density at radius 2 is 1.05 bits per heavy atom. The molecule has 0 amide bonds. The van der Waals surface area contributed by atoms with E-state index in [0.717, 1.165) is 6.42 Å². The predicted octanol–water partition coefficient (Wildman–Crippen LogP) is 15.4. The lowest BCUT2D eigenvalue weighted by atomic mass is 9.66. The molecule has 2 heterocycles. The molecule has 63 heavy (non-hydrogen) atoms. The zero-order chi connectivity index (χ0) is 41.5. The average Bonchev–Trinajstić information content (AvgIpc) is 3.99. The summed E-state index contributed by atoms with van der Waals surface area (Å²) in [7, 11) is 0. The van der Waals surface area contributed by atoms with Crippen molar-refractivity contribution in [3.05, 3.63) is 276 Å². The summed E-state index contributed by atoms with van der Waals surface area (Å²) in [5, 5.41) is 2.57. The fraction of sp³-hybridized carbons (Fsp3) is 0.0492. The summed E-state index contributed by atoms with van der Waals surface area (Å²) in [4.78, 5) is 2.50. The van der Waals surface area contributed by atoms with Crippen molar-refractivity contribution in [2.75, 3.05) is 4.90 Å². The molecule has 0 saturated heterocycles. The van der Waals surface area contributed by atoms with Crippen LogP contribution < -0.4 is 4.90 Å². The van der Waals surface area contributed by atoms with Crippen molar-refractivity contribution in [1.82, 2.24) is 4.57 Å². The Hall–Kier alpha value is -7.94. The Kier molecular flexibility index (Phi) is 7.98. The minimum atomic E-state index is -0.467. The number of hydrogen-bond acceptors (Lipinski definition) is 1. The van der Waals surface area contributed by atoms with Gasteiger partial charge in [-0.1, -0.05) is 182 Å². The van der Waals surface area contributed by atoms with Crippen molar-refractivity contribution in [3.8, 4) is 27.9 Å². The number of nitrogens with zero attached hydrogens (tertiary/aromatic N) is 2. The minimum Gasteiger partial charge on any atom is -0.313 e. The van der Waals surface area contributed by atoms with Gasteiger partial charge in [-0.25, -0.2) is 0 Å². The van der Waals surface area contributed by atoms with Crippen LogP contribution in [0.15, 0.2) is 242 Å². The Morgan fingerprint density at radius 3 is 1.84 bits per heavy atom. The third kappa shape index (κ3) is 5.25. The van der Waals surface area contributed by atoms with E-state index in [4.69, 9.17) is 0 Å². The lowest BCUT2D eigenvalue weighted by Crippen LogP contribution is -2.29. The first-order valence-electron chi connectivity index (χ1n) is 22.1. The molecular weight excluding hydrogens is 761 g/mol. The van der Waals surface area contributed by atoms with Gasteiger partial charge in [0.05, 0.1) is 16.4 Å². The van der Waals surface area contributed by atoms with Gasteiger partial charge in [-0.15, -0.1) is 0 Å². The number of aromatic nitrogens is 1. The largest absolute Gasteiger partial charge is 0.313 e. The average molecular weight is 803 g/mol. The maximum absolute atomic E-state index is 2.50. The third-order valence-electron chi connectivity index (χ3n) is 14.0. The molecule has 0 saturated carbocycles. The van der Waals surface area contributed by atoms with E-state index in [2.05, 4.69) is 246 Å². The molecule has 1 unspecified atom stereocenters. The van der Waals surface area contributed by atoms with E-state index >= 15 is 0 Å². The third-order valence-corrected chi connectivity index (χ3v) is 14.0. The fourth-order valence-corrected chi connectivity index (χ4v) is 11.4. The van der Waals surface area contributed by atoms with Crippen LogP contribution in [0.25, 0.3) is 55.3 Å². The van der Waals surface area contributed by atoms with Crippen LogP contribution in [0.1, 0.15) is 45.7 Å². The van der Waals surface area contributed by atoms with Gasteiger partial charge >= 0.3 is 0 Å². The summed E-state index contributed by atoms with van der Waals surface area (Å²) in [6, 6.07) is 83.0. The number of rotatable bonds is 6. The topological polar surface area (TPSA) is 8.17 Å². The molecular formula is C61H42N2. The highest BCUT2D eigenvalue weighted by atomic mass is 15.2. The summed E-state index contributed by atoms with van der Waals surface area (Å²) in [5.41, 5.74) is 21.3. The monoisotopic (exact) mass is 802 g/mol. The molecule has 0 fully saturated rings. The van der Waals surface area contributed by atoms with Gasteiger partial charge in [-0.3, -0.25) is 0 Å². The van der Waals surface area contributed by atoms with Crippen molar-refractivity contribution in [3.63, 3.8) is 0 Å². The maximum Gasteiger partial charge on any atom is 0.0719 e. The lowest BCUT2D eigenvalue weighted by Gasteiger charge is -2.35. The zero-order valence-corrected chi connectivity index (χ0v) is 34.7. The Bertz CT molecular complexity index is 3420. The molecule has 1 atom stereocenters. The highest BCUT2D eigenvalue weighted by molar-refractivity contribution is 6.10. The Labute approximate surface area is 368 Å². The van der Waals surface area contributed by atoms with Gasteiger partial charge in [0.1, 0.15) is 0 Å². The van der Waals surface area contributed by atoms with E-state index in [-0.39, 0.29) is 5.92 Å². The molecule has 0 radical (unpaired) electrons. The number of benzene rings is 9. The molecule has 1 aliphatic heterocycles. The van der Waals surface area contributed by atoms with E-state index in [1.807, 2.05) is 0 Å². The number of hydrogen-bond donors (Lipinski definition) is 0. The van der Waals surface area contributed by atoms with E-state index in [1.165, 1.54) is 106 Å². The number of para-hydroxylation sites is 3. The molecule has 13 rings (SSSR count). The quantitative estimate of drug-likeness (QED) is 0.163. The number of fused-ring (bicyclic) bond motifs is 9. The molecule has 1 aromatic heterocycles. The van der Waals surface area contributed by atoms with Crippen molar-refractivity contribution in [1.29, 1.82) is 0 Å². The van der Waals surface area contributed by atoms with Crippen LogP contribution in [-0.2, 0) is 5.41 Å². The Morgan fingerprint density at radius 1 is 0.429 bits per heavy atom. The second kappa shape index (κ2) is 14.1. The summed E-state index contributed by atoms with van der Waals surface area (Å²) < 4.78 is 2.39. The number of anilines is 2. The van der Waals surface area contributed by atoms with Crippen LogP contribution in [-0.4, -0.2) is 4.57 Å². The summed E-state index contributed by atoms with van der Waals surface area (Å²) in [5.74, 6) is 0.260. The molecule has 9 aromatic carbocycles. The Balaban J connectivity index is 0.908. The normalized spacial score (nSPS) is 15.7. The number of allylic oxidation sites excluding steroid dienone is 4. The standard InChI is InChI=1S/C61H42N2/c1-4-17-44(18-5-1)61(45-19-6-2-7-20-45)55-28-13-10-23-49(55)52-27-16-26-48(60(52)61)41-31-35-47(36-32-41)63-57-30-15-12-25-51(57)54-40-43(34-38-59(54)63)42-33-37-58-53(39-42)50-24-11-14-29-56(50)62(58)46-21-8-3-9-22-46/h1-39,54H,40H2. The zero-order valence-electron chi connectivity index (χ0n) is 34.7. The van der Waals surface area contributed by atoms with Gasteiger partial charge in [0.2, 0.25) is 0 Å². The second-order valence-electron chi connectivity index (χ2n) is 17.2. The maximum atomic E-state index is 2.50. The summed E-state index contributed by atoms with van der Waals surface area (Å²) in [6.45, 7) is 0. The summed E-state index contributed by atoms with van der Waals surface area (Å²) in [6.07, 6.45) is 5.69. The van der Waals surface area contributed by atoms with Crippen molar-refractivity contribution < 1.29 is 0 Å². The van der Waals surface area contributed by atoms with Crippen LogP contribution in [0.3, 0.4) is 0 Å². The van der Waals surface area contributed by atoms with Gasteiger partial charge in [-0.2, -0.15) is 0 Å². The predicted molar refractivity (Wildman–Crippen MR) is 262 cm³/mol. The van der Waals surface area contributed by atoms with Crippen LogP contribution in [0.2, 0.25) is 0 Å². The van der Waals surface area contributed by atoms with E-state index < -0.39 is 5.41 Å². The van der Waals surface area contributed by atoms with Crippen LogP contribution in [0, 0.1) is 0 Å². The SMILES string of the molecule is C1=C(c2ccc3c(c2)c2ccccc2n3-c2ccccc2)CC2C(=C1)N(c1ccc(-c3cccc4c3C(c3ccccc3)(c3ccccc3)c3ccccc3-4)cc1)c1ccccc12. The van der Waals surface area contributed by atoms with Gasteiger partial charge in [-0.05, 0) is 122 Å². The first-order chi connectivity index (χ1) is 31.3. The van der Waals surface area contributed by atoms with Crippen LogP contribution in [0.5, 0.6) is 0 Å². The van der Waals surface area contributed by atoms with E-state index in [0.29, 0.717) is 0 Å². The van der Waals surface area contributed by atoms with Crippen LogP contribution in [0.4, 0.5) is 11.4 Å². The molecule has 10 aromatic rings. The lowest BCUT2D eigenvalue weighted by molar-refractivity contribution is 0.770. The first kappa shape index (κ1) is 35.8. The van der Waals surface area contributed by atoms with Crippen molar-refractivity contribution in [2.24, 2.45) is 0 Å². The molecule has 2 heteroatoms.